The number of unbranched alkanes of at least 4 members (excludes halogenated alkanes) is 1. The van der Waals surface area contributed by atoms with Gasteiger partial charge in [-0.3, -0.25) is 9.59 Å². The van der Waals surface area contributed by atoms with Crippen LogP contribution >= 0.6 is 0 Å². The average Bonchev–Trinajstić information content (AvgIpc) is 2.53. The van der Waals surface area contributed by atoms with Crippen molar-refractivity contribution >= 4 is 27.5 Å². The van der Waals surface area contributed by atoms with E-state index < -0.39 is 10.0 Å². The lowest BCUT2D eigenvalue weighted by Crippen LogP contribution is -2.31. The Bertz CT molecular complexity index is 731. The molecule has 0 saturated carbocycles. The smallest absolute Gasteiger partial charge is 0.240 e. The summed E-state index contributed by atoms with van der Waals surface area (Å²) in [6.07, 6.45) is 2.29. The van der Waals surface area contributed by atoms with E-state index in [0.29, 0.717) is 38.8 Å². The standard InChI is InChI=1S/C16H23N3O4S/c1-12(20)17-9-3-4-10-18-24(22,23)14-6-7-15-13(11-14)5-8-16(21)19(15)2/h6-7,11,18H,3-5,8-10H2,1-2H3,(H,17,20). The van der Waals surface area contributed by atoms with Crippen molar-refractivity contribution in [3.8, 4) is 0 Å². The largest absolute Gasteiger partial charge is 0.356 e. The zero-order valence-corrected chi connectivity index (χ0v) is 14.8. The number of aryl methyl sites for hydroxylation is 1. The van der Waals surface area contributed by atoms with Gasteiger partial charge in [-0.05, 0) is 43.0 Å². The number of amides is 2. The molecule has 1 aliphatic heterocycles. The Morgan fingerprint density at radius 3 is 2.62 bits per heavy atom. The van der Waals surface area contributed by atoms with Gasteiger partial charge in [0.25, 0.3) is 0 Å². The summed E-state index contributed by atoms with van der Waals surface area (Å²) in [4.78, 5) is 24.2. The topological polar surface area (TPSA) is 95.6 Å². The van der Waals surface area contributed by atoms with Crippen LogP contribution < -0.4 is 14.9 Å². The molecule has 2 amide bonds. The summed E-state index contributed by atoms with van der Waals surface area (Å²) >= 11 is 0. The molecule has 0 saturated heterocycles. The molecular formula is C16H23N3O4S. The highest BCUT2D eigenvalue weighted by Crippen LogP contribution is 2.28. The lowest BCUT2D eigenvalue weighted by Gasteiger charge is -2.26. The first-order chi connectivity index (χ1) is 11.3. The average molecular weight is 353 g/mol. The first kappa shape index (κ1) is 18.4. The first-order valence-corrected chi connectivity index (χ1v) is 9.43. The molecule has 2 rings (SSSR count). The number of nitrogens with one attached hydrogen (secondary N) is 2. The van der Waals surface area contributed by atoms with Crippen LogP contribution in [0.2, 0.25) is 0 Å². The lowest BCUT2D eigenvalue weighted by atomic mass is 10.0. The molecule has 0 unspecified atom stereocenters. The van der Waals surface area contributed by atoms with E-state index in [0.717, 1.165) is 11.3 Å². The molecule has 1 aromatic carbocycles. The van der Waals surface area contributed by atoms with Gasteiger partial charge in [-0.2, -0.15) is 0 Å². The van der Waals surface area contributed by atoms with E-state index in [4.69, 9.17) is 0 Å². The second-order valence-electron chi connectivity index (χ2n) is 5.83. The van der Waals surface area contributed by atoms with Crippen molar-refractivity contribution in [1.29, 1.82) is 0 Å². The minimum Gasteiger partial charge on any atom is -0.356 e. The third-order valence-electron chi connectivity index (χ3n) is 3.97. The third kappa shape index (κ3) is 4.55. The number of fused-ring (bicyclic) bond motifs is 1. The molecule has 0 aliphatic carbocycles. The minimum atomic E-state index is -3.57. The van der Waals surface area contributed by atoms with Crippen LogP contribution in [0.15, 0.2) is 23.1 Å². The number of anilines is 1. The number of carbonyl (C=O) groups is 2. The fraction of sp³-hybridized carbons (Fsp3) is 0.500. The van der Waals surface area contributed by atoms with Crippen molar-refractivity contribution in [2.45, 2.75) is 37.5 Å². The Hall–Kier alpha value is -1.93. The van der Waals surface area contributed by atoms with Crippen molar-refractivity contribution in [2.75, 3.05) is 25.0 Å². The molecule has 1 aliphatic rings. The summed E-state index contributed by atoms with van der Waals surface area (Å²) in [7, 11) is -1.87. The van der Waals surface area contributed by atoms with Crippen LogP contribution in [0, 0.1) is 0 Å². The Balaban J connectivity index is 1.95. The highest BCUT2D eigenvalue weighted by atomic mass is 32.2. The normalized spacial score (nSPS) is 14.4. The molecule has 24 heavy (non-hydrogen) atoms. The summed E-state index contributed by atoms with van der Waals surface area (Å²) in [5, 5.41) is 2.67. The fourth-order valence-electron chi connectivity index (χ4n) is 2.60. The molecule has 0 atom stereocenters. The van der Waals surface area contributed by atoms with Crippen LogP contribution in [-0.4, -0.2) is 40.4 Å². The quantitative estimate of drug-likeness (QED) is 0.709. The van der Waals surface area contributed by atoms with Gasteiger partial charge in [-0.15, -0.1) is 0 Å². The van der Waals surface area contributed by atoms with Gasteiger partial charge in [0.15, 0.2) is 0 Å². The minimum absolute atomic E-state index is 0.0374. The first-order valence-electron chi connectivity index (χ1n) is 7.95. The Kier molecular flexibility index (Phi) is 5.95. The van der Waals surface area contributed by atoms with Crippen LogP contribution in [0.5, 0.6) is 0 Å². The van der Waals surface area contributed by atoms with Crippen LogP contribution in [0.4, 0.5) is 5.69 Å². The predicted molar refractivity (Wildman–Crippen MR) is 91.3 cm³/mol. The molecule has 0 bridgehead atoms. The monoisotopic (exact) mass is 353 g/mol. The molecule has 0 fully saturated rings. The van der Waals surface area contributed by atoms with Gasteiger partial charge in [0.05, 0.1) is 4.90 Å². The number of rotatable bonds is 7. The Morgan fingerprint density at radius 2 is 1.92 bits per heavy atom. The number of hydrogen-bond donors (Lipinski definition) is 2. The lowest BCUT2D eigenvalue weighted by molar-refractivity contribution is -0.119. The maximum atomic E-state index is 12.3. The van der Waals surface area contributed by atoms with Crippen molar-refractivity contribution in [3.63, 3.8) is 0 Å². The zero-order chi connectivity index (χ0) is 17.7. The molecule has 1 aromatic rings. The molecule has 2 N–H and O–H groups in total. The van der Waals surface area contributed by atoms with Gasteiger partial charge in [0.1, 0.15) is 0 Å². The van der Waals surface area contributed by atoms with Crippen LogP contribution in [0.1, 0.15) is 31.7 Å². The molecule has 0 spiro atoms. The second-order valence-corrected chi connectivity index (χ2v) is 7.60. The maximum Gasteiger partial charge on any atom is 0.240 e. The van der Waals surface area contributed by atoms with E-state index in [1.54, 1.807) is 24.1 Å². The number of sulfonamides is 1. The Labute approximate surface area is 142 Å². The summed E-state index contributed by atoms with van der Waals surface area (Å²) in [5.74, 6) is -0.0523. The van der Waals surface area contributed by atoms with Gasteiger partial charge in [0.2, 0.25) is 21.8 Å². The molecule has 8 heteroatoms. The van der Waals surface area contributed by atoms with Crippen molar-refractivity contribution in [2.24, 2.45) is 0 Å². The van der Waals surface area contributed by atoms with Gasteiger partial charge in [-0.1, -0.05) is 0 Å². The predicted octanol–water partition coefficient (Wildman–Crippen LogP) is 0.790. The molecule has 132 valence electrons. The SMILES string of the molecule is CC(=O)NCCCCNS(=O)(=O)c1ccc2c(c1)CCC(=O)N2C. The molecule has 0 radical (unpaired) electrons. The van der Waals surface area contributed by atoms with Crippen LogP contribution in [0.25, 0.3) is 0 Å². The van der Waals surface area contributed by atoms with E-state index in [1.165, 1.54) is 13.0 Å². The van der Waals surface area contributed by atoms with Gasteiger partial charge >= 0.3 is 0 Å². The number of nitrogens with zero attached hydrogens (tertiary/aromatic N) is 1. The fourth-order valence-corrected chi connectivity index (χ4v) is 3.73. The summed E-state index contributed by atoms with van der Waals surface area (Å²) < 4.78 is 27.3. The van der Waals surface area contributed by atoms with Crippen LogP contribution in [-0.2, 0) is 26.0 Å². The summed E-state index contributed by atoms with van der Waals surface area (Å²) in [6, 6.07) is 4.84. The number of benzene rings is 1. The summed E-state index contributed by atoms with van der Waals surface area (Å²) in [6.45, 7) is 2.30. The van der Waals surface area contributed by atoms with Crippen molar-refractivity contribution in [1.82, 2.24) is 10.0 Å². The third-order valence-corrected chi connectivity index (χ3v) is 5.43. The summed E-state index contributed by atoms with van der Waals surface area (Å²) in [5.41, 5.74) is 1.63. The van der Waals surface area contributed by atoms with Crippen molar-refractivity contribution in [3.05, 3.63) is 23.8 Å². The zero-order valence-electron chi connectivity index (χ0n) is 14.0. The van der Waals surface area contributed by atoms with E-state index in [-0.39, 0.29) is 16.7 Å². The van der Waals surface area contributed by atoms with E-state index in [9.17, 15) is 18.0 Å². The molecule has 7 nitrogen and oxygen atoms in total. The van der Waals surface area contributed by atoms with Crippen molar-refractivity contribution < 1.29 is 18.0 Å². The molecule has 1 heterocycles. The highest BCUT2D eigenvalue weighted by Gasteiger charge is 2.23. The van der Waals surface area contributed by atoms with E-state index in [1.807, 2.05) is 0 Å². The number of hydrogen-bond acceptors (Lipinski definition) is 4. The van der Waals surface area contributed by atoms with Crippen LogP contribution in [0.3, 0.4) is 0 Å². The van der Waals surface area contributed by atoms with Gasteiger partial charge in [-0.25, -0.2) is 13.1 Å². The van der Waals surface area contributed by atoms with Gasteiger partial charge in [0, 0.05) is 39.2 Å². The maximum absolute atomic E-state index is 12.3. The molecular weight excluding hydrogens is 330 g/mol. The highest BCUT2D eigenvalue weighted by molar-refractivity contribution is 7.89. The van der Waals surface area contributed by atoms with E-state index in [2.05, 4.69) is 10.0 Å². The van der Waals surface area contributed by atoms with E-state index >= 15 is 0 Å². The van der Waals surface area contributed by atoms with Gasteiger partial charge < -0.3 is 10.2 Å². The second kappa shape index (κ2) is 7.76. The Morgan fingerprint density at radius 1 is 1.21 bits per heavy atom. The number of carbonyl (C=O) groups excluding carboxylic acids is 2. The molecule has 0 aromatic heterocycles.